The van der Waals surface area contributed by atoms with Gasteiger partial charge in [0.1, 0.15) is 11.6 Å². The summed E-state index contributed by atoms with van der Waals surface area (Å²) in [6, 6.07) is 9.38. The number of fused-ring (bicyclic) bond motifs is 1. The molecular weight excluding hydrogens is 512 g/mol. The van der Waals surface area contributed by atoms with Crippen LogP contribution in [0.5, 0.6) is 0 Å². The van der Waals surface area contributed by atoms with Gasteiger partial charge in [0.05, 0.1) is 22.9 Å². The maximum absolute atomic E-state index is 13.7. The summed E-state index contributed by atoms with van der Waals surface area (Å²) in [6.45, 7) is 4.92. The average Bonchev–Trinajstić information content (AvgIpc) is 3.19. The predicted octanol–water partition coefficient (Wildman–Crippen LogP) is 2.90. The van der Waals surface area contributed by atoms with Crippen LogP contribution in [0.25, 0.3) is 11.5 Å². The highest BCUT2D eigenvalue weighted by molar-refractivity contribution is 7.91. The summed E-state index contributed by atoms with van der Waals surface area (Å²) in [4.78, 5) is 38.7. The Kier molecular flexibility index (Phi) is 6.67. The molecule has 11 nitrogen and oxygen atoms in total. The third-order valence-electron chi connectivity index (χ3n) is 5.16. The Morgan fingerprint density at radius 1 is 1.22 bits per heavy atom. The summed E-state index contributed by atoms with van der Waals surface area (Å²) in [7, 11) is -4.05. The number of rotatable bonds is 4. The molecule has 0 spiro atoms. The van der Waals surface area contributed by atoms with Gasteiger partial charge in [0.25, 0.3) is 5.91 Å². The van der Waals surface area contributed by atoms with Crippen LogP contribution < -0.4 is 16.0 Å². The number of aromatic nitrogens is 2. The van der Waals surface area contributed by atoms with Crippen LogP contribution in [0.3, 0.4) is 0 Å². The fourth-order valence-corrected chi connectivity index (χ4v) is 5.39. The number of benzene rings is 2. The fraction of sp³-hybridized carbons (Fsp3) is 0.304. The van der Waals surface area contributed by atoms with E-state index in [1.54, 1.807) is 45.0 Å². The summed E-state index contributed by atoms with van der Waals surface area (Å²) >= 11 is 5.98. The van der Waals surface area contributed by atoms with E-state index in [4.69, 9.17) is 20.8 Å². The van der Waals surface area contributed by atoms with Crippen LogP contribution in [0.4, 0.5) is 10.5 Å². The van der Waals surface area contributed by atoms with E-state index in [1.807, 2.05) is 0 Å². The Morgan fingerprint density at radius 2 is 1.92 bits per heavy atom. The predicted molar refractivity (Wildman–Crippen MR) is 130 cm³/mol. The fourth-order valence-electron chi connectivity index (χ4n) is 3.65. The molecule has 13 heteroatoms. The monoisotopic (exact) mass is 534 g/mol. The van der Waals surface area contributed by atoms with E-state index >= 15 is 0 Å². The van der Waals surface area contributed by atoms with Crippen molar-refractivity contribution in [2.75, 3.05) is 10.7 Å². The van der Waals surface area contributed by atoms with Gasteiger partial charge in [0.2, 0.25) is 5.89 Å². The zero-order valence-electron chi connectivity index (χ0n) is 19.6. The number of alkyl carbamates (subject to hydrolysis) is 1. The van der Waals surface area contributed by atoms with Crippen molar-refractivity contribution in [3.05, 3.63) is 63.6 Å². The van der Waals surface area contributed by atoms with E-state index in [1.165, 1.54) is 23.1 Å². The molecular formula is C23H23ClN4O7S. The van der Waals surface area contributed by atoms with Crippen molar-refractivity contribution in [2.24, 2.45) is 0 Å². The molecule has 1 aliphatic rings. The van der Waals surface area contributed by atoms with Crippen molar-refractivity contribution in [2.45, 2.75) is 43.9 Å². The van der Waals surface area contributed by atoms with Crippen molar-refractivity contribution in [1.82, 2.24) is 15.5 Å². The first-order valence-corrected chi connectivity index (χ1v) is 12.8. The number of aromatic amines is 1. The topological polar surface area (TPSA) is 152 Å². The molecule has 0 radical (unpaired) electrons. The van der Waals surface area contributed by atoms with E-state index < -0.39 is 45.0 Å². The number of hydrogen-bond donors (Lipinski definition) is 2. The number of halogens is 1. The number of carbonyl (C=O) groups excluding carboxylic acids is 2. The van der Waals surface area contributed by atoms with Crippen LogP contribution in [-0.2, 0) is 25.9 Å². The summed E-state index contributed by atoms with van der Waals surface area (Å²) in [5, 5.41) is 8.81. The third-order valence-corrected chi connectivity index (χ3v) is 7.20. The van der Waals surface area contributed by atoms with Gasteiger partial charge >= 0.3 is 11.8 Å². The minimum Gasteiger partial charge on any atom is -0.444 e. The lowest BCUT2D eigenvalue weighted by atomic mass is 10.1. The molecule has 36 heavy (non-hydrogen) atoms. The molecule has 0 saturated heterocycles. The highest BCUT2D eigenvalue weighted by Gasteiger charge is 2.39. The summed E-state index contributed by atoms with van der Waals surface area (Å²) < 4.78 is 36.9. The number of hydrogen-bond acceptors (Lipinski definition) is 8. The minimum absolute atomic E-state index is 0.0288. The van der Waals surface area contributed by atoms with Gasteiger partial charge in [-0.15, -0.1) is 5.10 Å². The lowest BCUT2D eigenvalue weighted by Crippen LogP contribution is -2.51. The number of ether oxygens (including phenoxy) is 1. The standard InChI is InChI=1S/C23H23ClN4O7S/c1-23(2,3)35-21(30)25-16-12-36(32,33)18-9-6-14(19-26-27-22(31)34-19)10-17(18)28(20(16)29)11-13-4-7-15(24)8-5-13/h4-10,16H,11-12H2,1-3H3,(H,25,30)(H,27,31)/t16-/m0/s1. The lowest BCUT2D eigenvalue weighted by molar-refractivity contribution is -0.120. The molecule has 3 aromatic rings. The molecule has 2 heterocycles. The molecule has 0 unspecified atom stereocenters. The Labute approximate surface area is 211 Å². The number of H-pyrrole nitrogens is 1. The Bertz CT molecular complexity index is 1470. The molecule has 2 amide bonds. The molecule has 2 N–H and O–H groups in total. The molecule has 0 saturated carbocycles. The molecule has 0 bridgehead atoms. The number of sulfone groups is 1. The molecule has 0 aliphatic carbocycles. The second kappa shape index (κ2) is 9.43. The average molecular weight is 535 g/mol. The summed E-state index contributed by atoms with van der Waals surface area (Å²) in [6.07, 6.45) is -0.924. The smallest absolute Gasteiger partial charge is 0.434 e. The number of carbonyl (C=O) groups is 2. The highest BCUT2D eigenvalue weighted by atomic mass is 35.5. The Balaban J connectivity index is 1.81. The number of amides is 2. The molecule has 2 aromatic carbocycles. The van der Waals surface area contributed by atoms with Crippen LogP contribution in [-0.4, -0.2) is 48.0 Å². The van der Waals surface area contributed by atoms with Gasteiger partial charge in [-0.2, -0.15) is 0 Å². The third kappa shape index (κ3) is 5.60. The first-order chi connectivity index (χ1) is 16.8. The Morgan fingerprint density at radius 3 is 2.53 bits per heavy atom. The van der Waals surface area contributed by atoms with Crippen LogP contribution in [0.2, 0.25) is 5.02 Å². The van der Waals surface area contributed by atoms with E-state index in [0.29, 0.717) is 10.6 Å². The van der Waals surface area contributed by atoms with Gasteiger partial charge < -0.3 is 19.4 Å². The van der Waals surface area contributed by atoms with Gasteiger partial charge in [-0.1, -0.05) is 23.7 Å². The molecule has 1 aliphatic heterocycles. The Hall–Kier alpha value is -3.64. The second-order valence-electron chi connectivity index (χ2n) is 9.13. The number of anilines is 1. The SMILES string of the molecule is CC(C)(C)OC(=O)N[C@H]1CS(=O)(=O)c2ccc(-c3n[nH]c(=O)o3)cc2N(Cc2ccc(Cl)cc2)C1=O. The van der Waals surface area contributed by atoms with Gasteiger partial charge in [0, 0.05) is 10.6 Å². The lowest BCUT2D eigenvalue weighted by Gasteiger charge is -2.27. The maximum Gasteiger partial charge on any atom is 0.434 e. The van der Waals surface area contributed by atoms with Crippen LogP contribution >= 0.6 is 11.6 Å². The van der Waals surface area contributed by atoms with Gasteiger partial charge in [0.15, 0.2) is 9.84 Å². The highest BCUT2D eigenvalue weighted by Crippen LogP contribution is 2.35. The summed E-state index contributed by atoms with van der Waals surface area (Å²) in [5.41, 5.74) is 0.123. The zero-order valence-corrected chi connectivity index (χ0v) is 21.1. The normalized spacial score (nSPS) is 17.3. The minimum atomic E-state index is -4.05. The first-order valence-electron chi connectivity index (χ1n) is 10.8. The zero-order chi connectivity index (χ0) is 26.3. The molecule has 190 valence electrons. The van der Waals surface area contributed by atoms with Crippen molar-refractivity contribution < 1.29 is 27.2 Å². The molecule has 1 atom stereocenters. The van der Waals surface area contributed by atoms with Crippen molar-refractivity contribution >= 4 is 39.1 Å². The maximum atomic E-state index is 13.7. The van der Waals surface area contributed by atoms with E-state index in [-0.39, 0.29) is 28.6 Å². The first kappa shape index (κ1) is 25.5. The van der Waals surface area contributed by atoms with Crippen LogP contribution in [0.15, 0.2) is 56.6 Å². The van der Waals surface area contributed by atoms with Crippen molar-refractivity contribution in [3.63, 3.8) is 0 Å². The van der Waals surface area contributed by atoms with Gasteiger partial charge in [-0.3, -0.25) is 4.79 Å². The van der Waals surface area contributed by atoms with Gasteiger partial charge in [-0.25, -0.2) is 23.1 Å². The van der Waals surface area contributed by atoms with Crippen LogP contribution in [0.1, 0.15) is 26.3 Å². The number of nitrogens with zero attached hydrogens (tertiary/aromatic N) is 2. The number of nitrogens with one attached hydrogen (secondary N) is 2. The quantitative estimate of drug-likeness (QED) is 0.518. The van der Waals surface area contributed by atoms with E-state index in [0.717, 1.165) is 0 Å². The van der Waals surface area contributed by atoms with E-state index in [2.05, 4.69) is 15.5 Å². The molecule has 0 fully saturated rings. The molecule has 1 aromatic heterocycles. The van der Waals surface area contributed by atoms with E-state index in [9.17, 15) is 22.8 Å². The van der Waals surface area contributed by atoms with Gasteiger partial charge in [-0.05, 0) is 56.7 Å². The van der Waals surface area contributed by atoms with Crippen LogP contribution in [0, 0.1) is 0 Å². The van der Waals surface area contributed by atoms with Crippen molar-refractivity contribution in [3.8, 4) is 11.5 Å². The van der Waals surface area contributed by atoms with Crippen molar-refractivity contribution in [1.29, 1.82) is 0 Å². The second-order valence-corrected chi connectivity index (χ2v) is 11.6. The largest absolute Gasteiger partial charge is 0.444 e. The summed E-state index contributed by atoms with van der Waals surface area (Å²) in [5.74, 6) is -2.21. The molecule has 4 rings (SSSR count).